The van der Waals surface area contributed by atoms with Gasteiger partial charge < -0.3 is 4.57 Å². The molecule has 138 valence electrons. The van der Waals surface area contributed by atoms with Crippen LogP contribution in [0.25, 0.3) is 0 Å². The van der Waals surface area contributed by atoms with E-state index in [1.165, 1.54) is 21.8 Å². The highest BCUT2D eigenvalue weighted by molar-refractivity contribution is 9.10. The molecule has 3 rings (SSSR count). The van der Waals surface area contributed by atoms with Gasteiger partial charge in [-0.1, -0.05) is 57.5 Å². The number of hydrogen-bond acceptors (Lipinski definition) is 3. The standard InChI is InChI=1S/C22H21BrN2O2/c1-15-5-3-4-6-19(15)20(16-7-10-18(23)11-8-16)13-21(24-27)17-9-12-22(26)25(2)14-17/h3-12,14,20-21H,13H2,1-2H3/t20-,21?/m0/s1. The highest BCUT2D eigenvalue weighted by Gasteiger charge is 2.23. The monoisotopic (exact) mass is 424 g/mol. The third kappa shape index (κ3) is 4.42. The minimum Gasteiger partial charge on any atom is -0.318 e. The van der Waals surface area contributed by atoms with Crippen LogP contribution < -0.4 is 5.56 Å². The zero-order valence-corrected chi connectivity index (χ0v) is 16.9. The number of nitrogens with zero attached hydrogens (tertiary/aromatic N) is 2. The molecule has 0 saturated heterocycles. The Hall–Kier alpha value is -2.53. The van der Waals surface area contributed by atoms with Gasteiger partial charge in [0.25, 0.3) is 0 Å². The van der Waals surface area contributed by atoms with E-state index in [1.54, 1.807) is 19.3 Å². The molecule has 4 nitrogen and oxygen atoms in total. The fourth-order valence-corrected chi connectivity index (χ4v) is 3.66. The lowest BCUT2D eigenvalue weighted by Crippen LogP contribution is -2.16. The number of benzene rings is 2. The summed E-state index contributed by atoms with van der Waals surface area (Å²) in [5, 5.41) is 3.39. The Bertz CT molecular complexity index is 996. The van der Waals surface area contributed by atoms with Crippen molar-refractivity contribution in [3.05, 3.63) is 109 Å². The summed E-state index contributed by atoms with van der Waals surface area (Å²) in [5.41, 5.74) is 4.13. The first-order valence-electron chi connectivity index (χ1n) is 8.79. The maximum absolute atomic E-state index is 11.7. The van der Waals surface area contributed by atoms with Crippen LogP contribution >= 0.6 is 15.9 Å². The normalized spacial score (nSPS) is 13.1. The fourth-order valence-electron chi connectivity index (χ4n) is 3.39. The largest absolute Gasteiger partial charge is 0.318 e. The average molecular weight is 425 g/mol. The number of aromatic nitrogens is 1. The van der Waals surface area contributed by atoms with E-state index in [0.29, 0.717) is 6.42 Å². The number of nitroso groups, excluding NO2 is 1. The molecule has 0 saturated carbocycles. The Morgan fingerprint density at radius 3 is 2.30 bits per heavy atom. The predicted molar refractivity (Wildman–Crippen MR) is 112 cm³/mol. The van der Waals surface area contributed by atoms with Crippen molar-refractivity contribution in [1.82, 2.24) is 4.57 Å². The van der Waals surface area contributed by atoms with Gasteiger partial charge in [0.2, 0.25) is 5.56 Å². The number of pyridine rings is 1. The third-order valence-electron chi connectivity index (χ3n) is 4.92. The first-order chi connectivity index (χ1) is 13.0. The molecule has 27 heavy (non-hydrogen) atoms. The first kappa shape index (κ1) is 19.2. The Kier molecular flexibility index (Phi) is 6.01. The maximum atomic E-state index is 11.7. The van der Waals surface area contributed by atoms with Gasteiger partial charge in [0.1, 0.15) is 6.04 Å². The molecule has 2 atom stereocenters. The highest BCUT2D eigenvalue weighted by Crippen LogP contribution is 2.37. The highest BCUT2D eigenvalue weighted by atomic mass is 79.9. The number of halogens is 1. The summed E-state index contributed by atoms with van der Waals surface area (Å²) in [6.07, 6.45) is 2.24. The van der Waals surface area contributed by atoms with E-state index in [2.05, 4.69) is 52.3 Å². The van der Waals surface area contributed by atoms with Crippen molar-refractivity contribution >= 4 is 15.9 Å². The topological polar surface area (TPSA) is 51.4 Å². The molecule has 0 bridgehead atoms. The summed E-state index contributed by atoms with van der Waals surface area (Å²) in [4.78, 5) is 23.4. The summed E-state index contributed by atoms with van der Waals surface area (Å²) in [6.45, 7) is 2.08. The molecule has 5 heteroatoms. The number of rotatable bonds is 6. The van der Waals surface area contributed by atoms with E-state index in [1.807, 2.05) is 24.3 Å². The van der Waals surface area contributed by atoms with Crippen LogP contribution in [0.4, 0.5) is 0 Å². The quantitative estimate of drug-likeness (QED) is 0.491. The summed E-state index contributed by atoms with van der Waals surface area (Å²) < 4.78 is 2.49. The first-order valence-corrected chi connectivity index (χ1v) is 9.59. The summed E-state index contributed by atoms with van der Waals surface area (Å²) in [7, 11) is 1.68. The van der Waals surface area contributed by atoms with E-state index in [4.69, 9.17) is 0 Å². The van der Waals surface area contributed by atoms with Gasteiger partial charge in [0, 0.05) is 29.7 Å². The van der Waals surface area contributed by atoms with Crippen molar-refractivity contribution < 1.29 is 0 Å². The van der Waals surface area contributed by atoms with Crippen LogP contribution in [-0.2, 0) is 7.05 Å². The third-order valence-corrected chi connectivity index (χ3v) is 5.44. The Balaban J connectivity index is 2.03. The van der Waals surface area contributed by atoms with Gasteiger partial charge in [0.15, 0.2) is 0 Å². The Labute approximate surface area is 167 Å². The van der Waals surface area contributed by atoms with Crippen LogP contribution in [0.2, 0.25) is 0 Å². The second-order valence-corrected chi connectivity index (χ2v) is 7.64. The van der Waals surface area contributed by atoms with E-state index in [0.717, 1.165) is 15.6 Å². The van der Waals surface area contributed by atoms with E-state index in [-0.39, 0.29) is 11.5 Å². The molecule has 0 spiro atoms. The summed E-state index contributed by atoms with van der Waals surface area (Å²) in [6, 6.07) is 19.0. The lowest BCUT2D eigenvalue weighted by atomic mass is 9.83. The van der Waals surface area contributed by atoms with Crippen LogP contribution in [0.5, 0.6) is 0 Å². The van der Waals surface area contributed by atoms with Crippen molar-refractivity contribution in [3.8, 4) is 0 Å². The van der Waals surface area contributed by atoms with Gasteiger partial charge in [-0.3, -0.25) is 4.79 Å². The predicted octanol–water partition coefficient (Wildman–Crippen LogP) is 5.49. The molecule has 1 heterocycles. The van der Waals surface area contributed by atoms with Gasteiger partial charge in [-0.25, -0.2) is 0 Å². The van der Waals surface area contributed by atoms with Gasteiger partial charge in [-0.05, 0) is 53.8 Å². The van der Waals surface area contributed by atoms with Gasteiger partial charge in [-0.15, -0.1) is 0 Å². The molecule has 1 aromatic heterocycles. The van der Waals surface area contributed by atoms with Crippen molar-refractivity contribution in [2.45, 2.75) is 25.3 Å². The second-order valence-electron chi connectivity index (χ2n) is 6.73. The smallest absolute Gasteiger partial charge is 0.250 e. The van der Waals surface area contributed by atoms with Crippen LogP contribution in [0.3, 0.4) is 0 Å². The van der Waals surface area contributed by atoms with Crippen molar-refractivity contribution in [1.29, 1.82) is 0 Å². The van der Waals surface area contributed by atoms with Gasteiger partial charge in [0.05, 0.1) is 0 Å². The minimum atomic E-state index is -0.537. The minimum absolute atomic E-state index is 0.0271. The molecule has 0 aliphatic heterocycles. The SMILES string of the molecule is Cc1ccccc1[C@@H](CC(N=O)c1ccc(=O)n(C)c1)c1ccc(Br)cc1. The number of hydrogen-bond donors (Lipinski definition) is 0. The lowest BCUT2D eigenvalue weighted by Gasteiger charge is -2.23. The van der Waals surface area contributed by atoms with Crippen LogP contribution in [-0.4, -0.2) is 4.57 Å². The van der Waals surface area contributed by atoms with Gasteiger partial charge in [-0.2, -0.15) is 4.91 Å². The zero-order chi connectivity index (χ0) is 19.4. The average Bonchev–Trinajstić information content (AvgIpc) is 2.67. The van der Waals surface area contributed by atoms with Crippen LogP contribution in [0.15, 0.2) is 81.3 Å². The van der Waals surface area contributed by atoms with E-state index in [9.17, 15) is 9.70 Å². The molecule has 0 aliphatic carbocycles. The Morgan fingerprint density at radius 1 is 1.00 bits per heavy atom. The molecular weight excluding hydrogens is 404 g/mol. The lowest BCUT2D eigenvalue weighted by molar-refractivity contribution is 0.587. The molecule has 0 fully saturated rings. The second kappa shape index (κ2) is 8.44. The Morgan fingerprint density at radius 2 is 1.67 bits per heavy atom. The molecule has 0 amide bonds. The molecular formula is C22H21BrN2O2. The van der Waals surface area contributed by atoms with Crippen molar-refractivity contribution in [2.24, 2.45) is 12.2 Å². The maximum Gasteiger partial charge on any atom is 0.250 e. The van der Waals surface area contributed by atoms with Gasteiger partial charge >= 0.3 is 0 Å². The van der Waals surface area contributed by atoms with Crippen molar-refractivity contribution in [2.75, 3.05) is 0 Å². The number of aryl methyl sites for hydroxylation is 2. The van der Waals surface area contributed by atoms with E-state index < -0.39 is 6.04 Å². The zero-order valence-electron chi connectivity index (χ0n) is 15.3. The summed E-state index contributed by atoms with van der Waals surface area (Å²) >= 11 is 3.48. The fraction of sp³-hybridized carbons (Fsp3) is 0.227. The molecule has 0 N–H and O–H groups in total. The molecule has 3 aromatic rings. The summed E-state index contributed by atoms with van der Waals surface area (Å²) in [5.74, 6) is 0.0271. The van der Waals surface area contributed by atoms with Crippen molar-refractivity contribution in [3.63, 3.8) is 0 Å². The van der Waals surface area contributed by atoms with Crippen LogP contribution in [0.1, 0.15) is 40.6 Å². The van der Waals surface area contributed by atoms with Crippen LogP contribution in [0, 0.1) is 11.8 Å². The molecule has 1 unspecified atom stereocenters. The molecule has 0 aliphatic rings. The molecule has 2 aromatic carbocycles. The molecule has 0 radical (unpaired) electrons. The van der Waals surface area contributed by atoms with E-state index >= 15 is 0 Å².